The average Bonchev–Trinajstić information content (AvgIpc) is 2.27. The second-order valence-electron chi connectivity index (χ2n) is 3.67. The molecular formula is C11H16ClN5. The van der Waals surface area contributed by atoms with E-state index in [9.17, 15) is 0 Å². The van der Waals surface area contributed by atoms with Crippen LogP contribution in [-0.2, 0) is 0 Å². The van der Waals surface area contributed by atoms with Gasteiger partial charge in [-0.15, -0.1) is 0 Å². The highest BCUT2D eigenvalue weighted by Gasteiger charge is 2.16. The number of benzene rings is 1. The van der Waals surface area contributed by atoms with Crippen molar-refractivity contribution in [3.8, 4) is 0 Å². The van der Waals surface area contributed by atoms with Crippen LogP contribution in [0.5, 0.6) is 0 Å². The van der Waals surface area contributed by atoms with E-state index < -0.39 is 0 Å². The van der Waals surface area contributed by atoms with Gasteiger partial charge >= 0.3 is 0 Å². The molecule has 0 aliphatic carbocycles. The highest BCUT2D eigenvalue weighted by Crippen LogP contribution is 2.26. The number of hydrogen-bond donors (Lipinski definition) is 3. The van der Waals surface area contributed by atoms with Crippen LogP contribution in [0.4, 0.5) is 0 Å². The standard InChI is InChI=1S/C11H16ClN5/c1-7(8-5-3-4-6-9(8)12)17(2)11(15)16-10(13)14/h3-7H,1-2H3,(H5,13,14,15,16). The average molecular weight is 254 g/mol. The first-order valence-electron chi connectivity index (χ1n) is 5.09. The lowest BCUT2D eigenvalue weighted by Gasteiger charge is -2.26. The summed E-state index contributed by atoms with van der Waals surface area (Å²) in [4.78, 5) is 5.33. The maximum absolute atomic E-state index is 7.71. The van der Waals surface area contributed by atoms with Crippen molar-refractivity contribution in [3.63, 3.8) is 0 Å². The maximum Gasteiger partial charge on any atom is 0.221 e. The van der Waals surface area contributed by atoms with Crippen LogP contribution in [0.3, 0.4) is 0 Å². The van der Waals surface area contributed by atoms with E-state index in [-0.39, 0.29) is 18.0 Å². The molecule has 0 radical (unpaired) electrons. The molecule has 0 aromatic heterocycles. The Morgan fingerprint density at radius 2 is 2.00 bits per heavy atom. The first-order valence-corrected chi connectivity index (χ1v) is 5.46. The van der Waals surface area contributed by atoms with Crippen LogP contribution in [-0.4, -0.2) is 23.9 Å². The molecule has 0 saturated heterocycles. The normalized spacial score (nSPS) is 11.7. The van der Waals surface area contributed by atoms with E-state index in [0.717, 1.165) is 5.56 Å². The van der Waals surface area contributed by atoms with Gasteiger partial charge in [0, 0.05) is 12.1 Å². The predicted octanol–water partition coefficient (Wildman–Crippen LogP) is 1.54. The molecule has 0 aliphatic heterocycles. The van der Waals surface area contributed by atoms with Gasteiger partial charge in [0.2, 0.25) is 5.96 Å². The molecule has 0 aliphatic rings. The lowest BCUT2D eigenvalue weighted by atomic mass is 10.1. The van der Waals surface area contributed by atoms with Crippen LogP contribution in [0.25, 0.3) is 0 Å². The van der Waals surface area contributed by atoms with Gasteiger partial charge in [-0.2, -0.15) is 4.99 Å². The fourth-order valence-electron chi connectivity index (χ4n) is 1.41. The molecule has 5 N–H and O–H groups in total. The van der Waals surface area contributed by atoms with Crippen LogP contribution in [0.2, 0.25) is 5.02 Å². The Morgan fingerprint density at radius 3 is 2.53 bits per heavy atom. The maximum atomic E-state index is 7.71. The summed E-state index contributed by atoms with van der Waals surface area (Å²) in [6, 6.07) is 7.40. The Bertz CT molecular complexity index is 439. The monoisotopic (exact) mass is 253 g/mol. The first-order chi connectivity index (χ1) is 7.93. The van der Waals surface area contributed by atoms with Crippen LogP contribution < -0.4 is 11.5 Å². The molecule has 17 heavy (non-hydrogen) atoms. The number of halogens is 1. The summed E-state index contributed by atoms with van der Waals surface area (Å²) in [5, 5.41) is 8.37. The van der Waals surface area contributed by atoms with Crippen molar-refractivity contribution in [2.75, 3.05) is 7.05 Å². The van der Waals surface area contributed by atoms with E-state index >= 15 is 0 Å². The topological polar surface area (TPSA) is 91.5 Å². The Hall–Kier alpha value is -1.75. The third-order valence-corrected chi connectivity index (χ3v) is 2.85. The zero-order valence-corrected chi connectivity index (χ0v) is 10.6. The molecule has 92 valence electrons. The minimum atomic E-state index is -0.131. The number of nitrogens with zero attached hydrogens (tertiary/aromatic N) is 2. The van der Waals surface area contributed by atoms with Crippen molar-refractivity contribution >= 4 is 23.5 Å². The summed E-state index contributed by atoms with van der Waals surface area (Å²) in [7, 11) is 1.74. The van der Waals surface area contributed by atoms with E-state index in [2.05, 4.69) is 4.99 Å². The smallest absolute Gasteiger partial charge is 0.221 e. The molecule has 0 bridgehead atoms. The molecule has 0 spiro atoms. The molecule has 1 unspecified atom stereocenters. The molecule has 0 heterocycles. The Balaban J connectivity index is 2.91. The number of hydrogen-bond acceptors (Lipinski definition) is 1. The summed E-state index contributed by atoms with van der Waals surface area (Å²) < 4.78 is 0. The molecule has 1 aromatic rings. The zero-order valence-electron chi connectivity index (χ0n) is 9.81. The van der Waals surface area contributed by atoms with Crippen molar-refractivity contribution in [3.05, 3.63) is 34.9 Å². The van der Waals surface area contributed by atoms with Gasteiger partial charge in [-0.3, -0.25) is 5.41 Å². The second-order valence-corrected chi connectivity index (χ2v) is 4.08. The second kappa shape index (κ2) is 5.54. The number of aliphatic imine (C=N–C) groups is 1. The number of nitrogens with one attached hydrogen (secondary N) is 1. The van der Waals surface area contributed by atoms with Crippen molar-refractivity contribution in [2.24, 2.45) is 16.5 Å². The lowest BCUT2D eigenvalue weighted by molar-refractivity contribution is 0.396. The van der Waals surface area contributed by atoms with Gasteiger partial charge in [-0.1, -0.05) is 29.8 Å². The quantitative estimate of drug-likeness (QED) is 0.551. The molecular weight excluding hydrogens is 238 g/mol. The van der Waals surface area contributed by atoms with Crippen molar-refractivity contribution < 1.29 is 0 Å². The van der Waals surface area contributed by atoms with E-state index in [4.69, 9.17) is 28.5 Å². The number of nitrogens with two attached hydrogens (primary N) is 2. The fourth-order valence-corrected chi connectivity index (χ4v) is 1.70. The van der Waals surface area contributed by atoms with Gasteiger partial charge in [0.05, 0.1) is 6.04 Å². The first kappa shape index (κ1) is 13.3. The zero-order chi connectivity index (χ0) is 13.0. The van der Waals surface area contributed by atoms with Crippen LogP contribution in [0.1, 0.15) is 18.5 Å². The number of guanidine groups is 2. The SMILES string of the molecule is CC(c1ccccc1Cl)N(C)C(=N)N=C(N)N. The third kappa shape index (κ3) is 3.35. The highest BCUT2D eigenvalue weighted by molar-refractivity contribution is 6.31. The van der Waals surface area contributed by atoms with Crippen molar-refractivity contribution in [2.45, 2.75) is 13.0 Å². The molecule has 5 nitrogen and oxygen atoms in total. The summed E-state index contributed by atoms with van der Waals surface area (Å²) in [5.74, 6) is -0.134. The summed E-state index contributed by atoms with van der Waals surface area (Å²) in [5.41, 5.74) is 11.4. The van der Waals surface area contributed by atoms with Gasteiger partial charge in [0.15, 0.2) is 5.96 Å². The highest BCUT2D eigenvalue weighted by atomic mass is 35.5. The van der Waals surface area contributed by atoms with Gasteiger partial charge in [0.1, 0.15) is 0 Å². The molecule has 1 atom stereocenters. The molecule has 1 aromatic carbocycles. The van der Waals surface area contributed by atoms with E-state index in [1.807, 2.05) is 31.2 Å². The van der Waals surface area contributed by atoms with Gasteiger partial charge in [-0.25, -0.2) is 0 Å². The molecule has 0 saturated carbocycles. The van der Waals surface area contributed by atoms with Gasteiger partial charge in [-0.05, 0) is 18.6 Å². The minimum absolute atomic E-state index is 0.00239. The Labute approximate surface area is 106 Å². The Morgan fingerprint density at radius 1 is 1.41 bits per heavy atom. The largest absolute Gasteiger partial charge is 0.370 e. The molecule has 0 fully saturated rings. The molecule has 6 heteroatoms. The van der Waals surface area contributed by atoms with E-state index in [1.54, 1.807) is 11.9 Å². The van der Waals surface area contributed by atoms with Gasteiger partial charge in [0.25, 0.3) is 0 Å². The number of rotatable bonds is 2. The van der Waals surface area contributed by atoms with Crippen molar-refractivity contribution in [1.29, 1.82) is 5.41 Å². The van der Waals surface area contributed by atoms with Crippen molar-refractivity contribution in [1.82, 2.24) is 4.90 Å². The predicted molar refractivity (Wildman–Crippen MR) is 71.2 cm³/mol. The summed E-state index contributed by atoms with van der Waals surface area (Å²) in [6.45, 7) is 1.93. The van der Waals surface area contributed by atoms with Crippen LogP contribution >= 0.6 is 11.6 Å². The Kier molecular flexibility index (Phi) is 4.34. The third-order valence-electron chi connectivity index (χ3n) is 2.51. The van der Waals surface area contributed by atoms with E-state index in [0.29, 0.717) is 5.02 Å². The minimum Gasteiger partial charge on any atom is -0.370 e. The molecule has 1 rings (SSSR count). The van der Waals surface area contributed by atoms with Crippen LogP contribution in [0.15, 0.2) is 29.3 Å². The molecule has 0 amide bonds. The van der Waals surface area contributed by atoms with E-state index in [1.165, 1.54) is 0 Å². The summed E-state index contributed by atoms with van der Waals surface area (Å²) >= 11 is 6.09. The fraction of sp³-hybridized carbons (Fsp3) is 0.273. The lowest BCUT2D eigenvalue weighted by Crippen LogP contribution is -2.32. The summed E-state index contributed by atoms with van der Waals surface area (Å²) in [6.07, 6.45) is 0. The van der Waals surface area contributed by atoms with Crippen LogP contribution in [0, 0.1) is 5.41 Å². The van der Waals surface area contributed by atoms with Gasteiger partial charge < -0.3 is 16.4 Å².